The number of rotatable bonds is 5. The normalized spacial score (nSPS) is 11.3. The van der Waals surface area contributed by atoms with Gasteiger partial charge in [0.25, 0.3) is 0 Å². The van der Waals surface area contributed by atoms with Crippen LogP contribution in [0, 0.1) is 0 Å². The lowest BCUT2D eigenvalue weighted by Gasteiger charge is -2.13. The molecule has 104 valence electrons. The minimum atomic E-state index is -0.443. The molecule has 0 aliphatic rings. The lowest BCUT2D eigenvalue weighted by Crippen LogP contribution is -2.28. The molecule has 0 atom stereocenters. The van der Waals surface area contributed by atoms with Gasteiger partial charge in [0.05, 0.1) is 19.3 Å². The molecule has 3 N–H and O–H groups in total. The number of aliphatic hydroxyl groups is 2. The lowest BCUT2D eigenvalue weighted by molar-refractivity contribution is 0.203. The first-order valence-corrected chi connectivity index (χ1v) is 6.99. The van der Waals surface area contributed by atoms with Crippen LogP contribution in [0.25, 0.3) is 17.0 Å². The zero-order valence-corrected chi connectivity index (χ0v) is 11.3. The van der Waals surface area contributed by atoms with E-state index in [1.54, 1.807) is 28.0 Å². The molecule has 0 aliphatic heterocycles. The number of nitrogens with zero attached hydrogens (tertiary/aromatic N) is 4. The third-order valence-electron chi connectivity index (χ3n) is 2.83. The minimum Gasteiger partial charge on any atom is -0.394 e. The van der Waals surface area contributed by atoms with Crippen LogP contribution in [0.4, 0.5) is 5.82 Å². The SMILES string of the molecule is OCC(CO)Nc1ccc2nnc(-c3ccsc3)n2n1. The summed E-state index contributed by atoms with van der Waals surface area (Å²) in [5, 5.41) is 37.6. The summed E-state index contributed by atoms with van der Waals surface area (Å²) in [6.07, 6.45) is 0. The molecule has 0 spiro atoms. The van der Waals surface area contributed by atoms with Crippen LogP contribution in [-0.2, 0) is 0 Å². The number of hydrogen-bond donors (Lipinski definition) is 3. The number of hydrogen-bond acceptors (Lipinski definition) is 7. The highest BCUT2D eigenvalue weighted by atomic mass is 32.1. The lowest BCUT2D eigenvalue weighted by atomic mass is 10.3. The molecule has 0 saturated carbocycles. The highest BCUT2D eigenvalue weighted by molar-refractivity contribution is 7.08. The van der Waals surface area contributed by atoms with E-state index in [-0.39, 0.29) is 13.2 Å². The summed E-state index contributed by atoms with van der Waals surface area (Å²) < 4.78 is 1.64. The second-order valence-electron chi connectivity index (χ2n) is 4.23. The van der Waals surface area contributed by atoms with E-state index in [0.717, 1.165) is 5.56 Å². The smallest absolute Gasteiger partial charge is 0.186 e. The Hall–Kier alpha value is -2.03. The molecule has 0 radical (unpaired) electrons. The Labute approximate surface area is 118 Å². The Kier molecular flexibility index (Phi) is 3.59. The monoisotopic (exact) mass is 291 g/mol. The van der Waals surface area contributed by atoms with E-state index in [9.17, 15) is 0 Å². The molecule has 0 amide bonds. The summed E-state index contributed by atoms with van der Waals surface area (Å²) in [5.41, 5.74) is 1.59. The number of nitrogens with one attached hydrogen (secondary N) is 1. The number of aromatic nitrogens is 4. The quantitative estimate of drug-likeness (QED) is 0.638. The van der Waals surface area contributed by atoms with Gasteiger partial charge in [0.15, 0.2) is 11.5 Å². The maximum Gasteiger partial charge on any atom is 0.186 e. The standard InChI is InChI=1S/C12H13N5O2S/c18-5-9(6-19)13-10-1-2-11-14-15-12(17(11)16-10)8-3-4-20-7-8/h1-4,7,9,18-19H,5-6H2,(H,13,16). The van der Waals surface area contributed by atoms with Crippen molar-refractivity contribution in [1.82, 2.24) is 19.8 Å². The second-order valence-corrected chi connectivity index (χ2v) is 5.01. The zero-order chi connectivity index (χ0) is 13.9. The van der Waals surface area contributed by atoms with Gasteiger partial charge in [0.2, 0.25) is 0 Å². The fourth-order valence-electron chi connectivity index (χ4n) is 1.80. The van der Waals surface area contributed by atoms with Gasteiger partial charge in [-0.3, -0.25) is 0 Å². The van der Waals surface area contributed by atoms with Crippen LogP contribution < -0.4 is 5.32 Å². The van der Waals surface area contributed by atoms with Crippen molar-refractivity contribution in [3.05, 3.63) is 29.0 Å². The van der Waals surface area contributed by atoms with Gasteiger partial charge in [-0.25, -0.2) is 0 Å². The summed E-state index contributed by atoms with van der Waals surface area (Å²) in [6.45, 7) is -0.342. The van der Waals surface area contributed by atoms with E-state index in [0.29, 0.717) is 17.3 Å². The number of anilines is 1. The van der Waals surface area contributed by atoms with Gasteiger partial charge in [-0.05, 0) is 23.6 Å². The van der Waals surface area contributed by atoms with Gasteiger partial charge in [-0.2, -0.15) is 15.9 Å². The molecule has 0 saturated heterocycles. The van der Waals surface area contributed by atoms with Crippen molar-refractivity contribution in [1.29, 1.82) is 0 Å². The summed E-state index contributed by atoms with van der Waals surface area (Å²) in [5.74, 6) is 1.20. The predicted molar refractivity (Wildman–Crippen MR) is 75.7 cm³/mol. The van der Waals surface area contributed by atoms with Crippen LogP contribution in [0.1, 0.15) is 0 Å². The molecule has 7 nitrogen and oxygen atoms in total. The van der Waals surface area contributed by atoms with Crippen molar-refractivity contribution in [3.63, 3.8) is 0 Å². The van der Waals surface area contributed by atoms with Crippen molar-refractivity contribution in [2.24, 2.45) is 0 Å². The van der Waals surface area contributed by atoms with E-state index in [1.807, 2.05) is 16.8 Å². The molecule has 8 heteroatoms. The van der Waals surface area contributed by atoms with Gasteiger partial charge in [0.1, 0.15) is 5.82 Å². The van der Waals surface area contributed by atoms with Crippen molar-refractivity contribution < 1.29 is 10.2 Å². The predicted octanol–water partition coefficient (Wildman–Crippen LogP) is 0.618. The molecule has 0 bridgehead atoms. The van der Waals surface area contributed by atoms with Gasteiger partial charge in [0, 0.05) is 10.9 Å². The Morgan fingerprint density at radius 2 is 2.05 bits per heavy atom. The van der Waals surface area contributed by atoms with Crippen molar-refractivity contribution in [2.45, 2.75) is 6.04 Å². The molecular formula is C12H13N5O2S. The van der Waals surface area contributed by atoms with E-state index in [1.165, 1.54) is 0 Å². The van der Waals surface area contributed by atoms with Gasteiger partial charge in [-0.15, -0.1) is 15.3 Å². The van der Waals surface area contributed by atoms with Crippen molar-refractivity contribution in [3.8, 4) is 11.4 Å². The first kappa shape index (κ1) is 13.0. The molecule has 3 rings (SSSR count). The van der Waals surface area contributed by atoms with Gasteiger partial charge in [-0.1, -0.05) is 0 Å². The minimum absolute atomic E-state index is 0.171. The van der Waals surface area contributed by atoms with Crippen LogP contribution >= 0.6 is 11.3 Å². The number of aliphatic hydroxyl groups excluding tert-OH is 2. The number of thiophene rings is 1. The summed E-state index contributed by atoms with van der Waals surface area (Å²) in [6, 6.07) is 5.03. The Morgan fingerprint density at radius 3 is 2.75 bits per heavy atom. The van der Waals surface area contributed by atoms with Crippen LogP contribution in [0.2, 0.25) is 0 Å². The highest BCUT2D eigenvalue weighted by Crippen LogP contribution is 2.20. The van der Waals surface area contributed by atoms with Gasteiger partial charge >= 0.3 is 0 Å². The average molecular weight is 291 g/mol. The maximum atomic E-state index is 9.09. The Balaban J connectivity index is 1.99. The molecule has 3 aromatic rings. The third-order valence-corrected chi connectivity index (χ3v) is 3.52. The van der Waals surface area contributed by atoms with Crippen LogP contribution in [0.3, 0.4) is 0 Å². The van der Waals surface area contributed by atoms with Gasteiger partial charge < -0.3 is 15.5 Å². The first-order chi connectivity index (χ1) is 9.81. The van der Waals surface area contributed by atoms with E-state index < -0.39 is 6.04 Å². The van der Waals surface area contributed by atoms with Crippen molar-refractivity contribution in [2.75, 3.05) is 18.5 Å². The third kappa shape index (κ3) is 2.36. The molecule has 3 heterocycles. The maximum absolute atomic E-state index is 9.09. The largest absolute Gasteiger partial charge is 0.394 e. The summed E-state index contributed by atoms with van der Waals surface area (Å²) in [7, 11) is 0. The average Bonchev–Trinajstić information content (AvgIpc) is 3.12. The zero-order valence-electron chi connectivity index (χ0n) is 10.5. The molecule has 20 heavy (non-hydrogen) atoms. The molecule has 0 fully saturated rings. The van der Waals surface area contributed by atoms with Crippen LogP contribution in [0.15, 0.2) is 29.0 Å². The molecule has 0 aliphatic carbocycles. The molecule has 0 aromatic carbocycles. The number of fused-ring (bicyclic) bond motifs is 1. The van der Waals surface area contributed by atoms with E-state index >= 15 is 0 Å². The summed E-state index contributed by atoms with van der Waals surface area (Å²) in [4.78, 5) is 0. The fourth-order valence-corrected chi connectivity index (χ4v) is 2.43. The second kappa shape index (κ2) is 5.53. The van der Waals surface area contributed by atoms with Crippen LogP contribution in [0.5, 0.6) is 0 Å². The molecular weight excluding hydrogens is 278 g/mol. The molecule has 0 unspecified atom stereocenters. The van der Waals surface area contributed by atoms with E-state index in [4.69, 9.17) is 10.2 Å². The Morgan fingerprint density at radius 1 is 1.20 bits per heavy atom. The Bertz CT molecular complexity index is 693. The topological polar surface area (TPSA) is 95.6 Å². The van der Waals surface area contributed by atoms with E-state index in [2.05, 4.69) is 20.6 Å². The van der Waals surface area contributed by atoms with Crippen LogP contribution in [-0.4, -0.2) is 49.3 Å². The fraction of sp³-hybridized carbons (Fsp3) is 0.250. The first-order valence-electron chi connectivity index (χ1n) is 6.05. The molecule has 3 aromatic heterocycles. The highest BCUT2D eigenvalue weighted by Gasteiger charge is 2.12. The van der Waals surface area contributed by atoms with Crippen molar-refractivity contribution >= 4 is 22.8 Å². The summed E-state index contributed by atoms with van der Waals surface area (Å²) >= 11 is 1.58.